The first kappa shape index (κ1) is 9.18. The van der Waals surface area contributed by atoms with Crippen LogP contribution in [0, 0.1) is 6.92 Å². The molecule has 0 fully saturated rings. The van der Waals surface area contributed by atoms with Crippen LogP contribution < -0.4 is 0 Å². The molecule has 0 aliphatic rings. The van der Waals surface area contributed by atoms with Gasteiger partial charge in [-0.25, -0.2) is 0 Å². The van der Waals surface area contributed by atoms with Crippen molar-refractivity contribution in [3.05, 3.63) is 39.7 Å². The minimum absolute atomic E-state index is 0.408. The average molecular weight is 208 g/mol. The lowest BCUT2D eigenvalue weighted by Gasteiger charge is -2.01. The molecule has 0 saturated carbocycles. The first-order valence-electron chi connectivity index (χ1n) is 3.08. The topological polar surface area (TPSA) is 0 Å². The van der Waals surface area contributed by atoms with Crippen LogP contribution in [0.2, 0.25) is 15.1 Å². The molecule has 59 valence electrons. The van der Waals surface area contributed by atoms with Crippen molar-refractivity contribution in [3.63, 3.8) is 0 Å². The maximum atomic E-state index is 5.75. The fraction of sp³-hybridized carbons (Fsp3) is 0.125. The van der Waals surface area contributed by atoms with Gasteiger partial charge in [0, 0.05) is 0 Å². The average Bonchev–Trinajstić information content (AvgIpc) is 1.99. The molecule has 1 rings (SSSR count). The molecule has 0 N–H and O–H groups in total. The molecular formula is C8H6Cl3. The smallest absolute Gasteiger partial charge is 0.0778 e. The first-order chi connectivity index (χ1) is 5.15. The normalized spacial score (nSPS) is 10.2. The summed E-state index contributed by atoms with van der Waals surface area (Å²) in [5.74, 6) is 0. The number of benzene rings is 1. The van der Waals surface area contributed by atoms with E-state index in [0.717, 1.165) is 5.56 Å². The molecule has 0 nitrogen and oxygen atoms in total. The molecule has 0 aliphatic heterocycles. The van der Waals surface area contributed by atoms with Gasteiger partial charge in [0.15, 0.2) is 0 Å². The lowest BCUT2D eigenvalue weighted by molar-refractivity contribution is 1.27. The van der Waals surface area contributed by atoms with Crippen LogP contribution in [0.4, 0.5) is 0 Å². The highest BCUT2D eigenvalue weighted by Gasteiger charge is 2.03. The Balaban J connectivity index is 3.21. The lowest BCUT2D eigenvalue weighted by Crippen LogP contribution is -1.81. The number of hydrogen-bond acceptors (Lipinski definition) is 0. The van der Waals surface area contributed by atoms with E-state index in [1.165, 1.54) is 0 Å². The van der Waals surface area contributed by atoms with Crippen molar-refractivity contribution < 1.29 is 0 Å². The highest BCUT2D eigenvalue weighted by molar-refractivity contribution is 6.48. The molecule has 1 aromatic carbocycles. The molecule has 3 heteroatoms. The summed E-state index contributed by atoms with van der Waals surface area (Å²) in [6, 6.07) is 3.53. The summed E-state index contributed by atoms with van der Waals surface area (Å²) in [7, 11) is 0. The predicted molar refractivity (Wildman–Crippen MR) is 50.5 cm³/mol. The van der Waals surface area contributed by atoms with Crippen LogP contribution >= 0.6 is 34.8 Å². The van der Waals surface area contributed by atoms with Gasteiger partial charge in [0.05, 0.1) is 15.1 Å². The Hall–Kier alpha value is 0.0900. The van der Waals surface area contributed by atoms with Gasteiger partial charge in [0.25, 0.3) is 0 Å². The van der Waals surface area contributed by atoms with E-state index in [4.69, 9.17) is 34.8 Å². The van der Waals surface area contributed by atoms with Gasteiger partial charge in [-0.2, -0.15) is 0 Å². The summed E-state index contributed by atoms with van der Waals surface area (Å²) < 4.78 is 0. The zero-order chi connectivity index (χ0) is 8.43. The molecule has 0 saturated heterocycles. The molecule has 11 heavy (non-hydrogen) atoms. The minimum atomic E-state index is 0.408. The lowest BCUT2D eigenvalue weighted by atomic mass is 10.2. The fourth-order valence-corrected chi connectivity index (χ4v) is 1.39. The molecule has 0 unspecified atom stereocenters. The monoisotopic (exact) mass is 207 g/mol. The molecule has 0 aliphatic carbocycles. The second kappa shape index (κ2) is 3.66. The van der Waals surface area contributed by atoms with Gasteiger partial charge in [-0.15, -0.1) is 0 Å². The third kappa shape index (κ3) is 2.02. The molecule has 0 atom stereocenters. The molecule has 1 aromatic rings. The van der Waals surface area contributed by atoms with E-state index in [2.05, 4.69) is 6.92 Å². The van der Waals surface area contributed by atoms with E-state index in [1.54, 1.807) is 12.1 Å². The van der Waals surface area contributed by atoms with Crippen molar-refractivity contribution in [2.45, 2.75) is 6.42 Å². The van der Waals surface area contributed by atoms with Crippen molar-refractivity contribution in [1.29, 1.82) is 0 Å². The van der Waals surface area contributed by atoms with Crippen LogP contribution in [-0.4, -0.2) is 0 Å². The zero-order valence-electron chi connectivity index (χ0n) is 5.70. The largest absolute Gasteiger partial charge is 0.0826 e. The Bertz CT molecular complexity index is 245. The zero-order valence-corrected chi connectivity index (χ0v) is 7.97. The van der Waals surface area contributed by atoms with Crippen molar-refractivity contribution in [2.75, 3.05) is 0 Å². The predicted octanol–water partition coefficient (Wildman–Crippen LogP) is 4.02. The fourth-order valence-electron chi connectivity index (χ4n) is 0.752. The van der Waals surface area contributed by atoms with Crippen molar-refractivity contribution in [1.82, 2.24) is 0 Å². The summed E-state index contributed by atoms with van der Waals surface area (Å²) in [6.45, 7) is 3.71. The third-order valence-electron chi connectivity index (χ3n) is 1.33. The van der Waals surface area contributed by atoms with E-state index in [9.17, 15) is 0 Å². The van der Waals surface area contributed by atoms with Crippen molar-refractivity contribution >= 4 is 34.8 Å². The summed E-state index contributed by atoms with van der Waals surface area (Å²) in [6.07, 6.45) is 0.663. The Morgan fingerprint density at radius 2 is 1.55 bits per heavy atom. The van der Waals surface area contributed by atoms with Crippen LogP contribution in [0.5, 0.6) is 0 Å². The Kier molecular flexibility index (Phi) is 3.06. The van der Waals surface area contributed by atoms with E-state index >= 15 is 0 Å². The Labute approximate surface area is 81.1 Å². The van der Waals surface area contributed by atoms with Crippen LogP contribution in [0.3, 0.4) is 0 Å². The van der Waals surface area contributed by atoms with E-state index in [1.807, 2.05) is 0 Å². The highest BCUT2D eigenvalue weighted by atomic mass is 35.5. The molecule has 0 spiro atoms. The number of rotatable bonds is 1. The Morgan fingerprint density at radius 3 is 1.91 bits per heavy atom. The SMILES string of the molecule is [CH2]Cc1cc(Cl)c(Cl)c(Cl)c1. The summed E-state index contributed by atoms with van der Waals surface area (Å²) in [4.78, 5) is 0. The minimum Gasteiger partial charge on any atom is -0.0826 e. The van der Waals surface area contributed by atoms with Crippen molar-refractivity contribution in [3.8, 4) is 0 Å². The highest BCUT2D eigenvalue weighted by Crippen LogP contribution is 2.31. The van der Waals surface area contributed by atoms with Gasteiger partial charge >= 0.3 is 0 Å². The summed E-state index contributed by atoms with van der Waals surface area (Å²) in [5, 5.41) is 1.38. The van der Waals surface area contributed by atoms with Gasteiger partial charge < -0.3 is 0 Å². The van der Waals surface area contributed by atoms with Gasteiger partial charge in [0.1, 0.15) is 0 Å². The molecule has 0 aromatic heterocycles. The first-order valence-corrected chi connectivity index (χ1v) is 4.21. The quantitative estimate of drug-likeness (QED) is 0.612. The second-order valence-electron chi connectivity index (χ2n) is 2.12. The van der Waals surface area contributed by atoms with Gasteiger partial charge in [-0.1, -0.05) is 34.8 Å². The molecule has 1 radical (unpaired) electrons. The van der Waals surface area contributed by atoms with Crippen LogP contribution in [0.1, 0.15) is 5.56 Å². The number of hydrogen-bond donors (Lipinski definition) is 0. The summed E-state index contributed by atoms with van der Waals surface area (Å²) in [5.41, 5.74) is 0.990. The van der Waals surface area contributed by atoms with E-state index in [-0.39, 0.29) is 0 Å². The summed E-state index contributed by atoms with van der Waals surface area (Å²) >= 11 is 17.2. The van der Waals surface area contributed by atoms with E-state index < -0.39 is 0 Å². The molecular weight excluding hydrogens is 202 g/mol. The second-order valence-corrected chi connectivity index (χ2v) is 3.32. The molecule has 0 amide bonds. The maximum absolute atomic E-state index is 5.75. The number of halogens is 3. The Morgan fingerprint density at radius 1 is 1.09 bits per heavy atom. The van der Waals surface area contributed by atoms with Gasteiger partial charge in [-0.05, 0) is 31.0 Å². The van der Waals surface area contributed by atoms with E-state index in [0.29, 0.717) is 21.5 Å². The molecule has 0 bridgehead atoms. The standard InChI is InChI=1S/C8H6Cl3/c1-2-5-3-6(9)8(11)7(10)4-5/h3-4H,1-2H2. The van der Waals surface area contributed by atoms with Crippen molar-refractivity contribution in [2.24, 2.45) is 0 Å². The van der Waals surface area contributed by atoms with Gasteiger partial charge in [-0.3, -0.25) is 0 Å². The van der Waals surface area contributed by atoms with Crippen LogP contribution in [-0.2, 0) is 6.42 Å². The van der Waals surface area contributed by atoms with Gasteiger partial charge in [0.2, 0.25) is 0 Å². The van der Waals surface area contributed by atoms with Crippen LogP contribution in [0.15, 0.2) is 12.1 Å². The third-order valence-corrected chi connectivity index (χ3v) is 2.53. The molecule has 0 heterocycles. The maximum Gasteiger partial charge on any atom is 0.0778 e. The van der Waals surface area contributed by atoms with Crippen LogP contribution in [0.25, 0.3) is 0 Å².